The molecule has 3 rings (SSSR count). The van der Waals surface area contributed by atoms with E-state index in [0.29, 0.717) is 39.2 Å². The first-order chi connectivity index (χ1) is 20.1. The molecular formula is C32H52N4O6. The molecule has 1 fully saturated rings. The van der Waals surface area contributed by atoms with Gasteiger partial charge in [-0.05, 0) is 69.0 Å². The molecule has 236 valence electrons. The Kier molecular flexibility index (Phi) is 13.2. The van der Waals surface area contributed by atoms with Crippen molar-refractivity contribution < 1.29 is 29.0 Å². The Balaban J connectivity index is 1.63. The number of nitrogens with one attached hydrogen (secondary N) is 3. The minimum absolute atomic E-state index is 0.190. The van der Waals surface area contributed by atoms with Crippen LogP contribution in [0.15, 0.2) is 24.3 Å². The average Bonchev–Trinajstić information content (AvgIpc) is 3.59. The van der Waals surface area contributed by atoms with Crippen molar-refractivity contribution in [3.8, 4) is 0 Å². The normalized spacial score (nSPS) is 21.6. The molecule has 10 nitrogen and oxygen atoms in total. The van der Waals surface area contributed by atoms with Crippen LogP contribution in [0.3, 0.4) is 0 Å². The third-order valence-corrected chi connectivity index (χ3v) is 8.26. The van der Waals surface area contributed by atoms with E-state index in [1.165, 1.54) is 0 Å². The number of likely N-dealkylation sites (tertiary alicyclic amines) is 1. The third-order valence-electron chi connectivity index (χ3n) is 8.26. The fourth-order valence-electron chi connectivity index (χ4n) is 5.64. The molecule has 42 heavy (non-hydrogen) atoms. The molecule has 2 aliphatic rings. The van der Waals surface area contributed by atoms with Crippen LogP contribution in [0.1, 0.15) is 83.4 Å². The van der Waals surface area contributed by atoms with E-state index in [9.17, 15) is 14.4 Å². The Labute approximate surface area is 251 Å². The van der Waals surface area contributed by atoms with E-state index in [2.05, 4.69) is 22.0 Å². The van der Waals surface area contributed by atoms with Crippen LogP contribution in [0.4, 0.5) is 0 Å². The second-order valence-electron chi connectivity index (χ2n) is 12.6. The fourth-order valence-corrected chi connectivity index (χ4v) is 5.64. The Hall–Kier alpha value is -2.53. The van der Waals surface area contributed by atoms with Crippen molar-refractivity contribution in [2.75, 3.05) is 40.0 Å². The molecule has 1 aromatic carbocycles. The molecule has 0 radical (unpaired) electrons. The molecule has 1 heterocycles. The standard InChI is InChI=1S/C32H52N4O6/c1-22(33-5)29(38)35-28(32(2,3)4)31(40)36-16-11-15-25(36)30(39)34-27-24-14-8-7-13-23(24)21-26(27)42-20-12-19-41-18-10-6-9-17-37/h7-8,13-14,22,25-28,33,37H,6,9-12,15-21H2,1-5H3,(H,34,39)(H,35,38)/t22-,25-,26+,27-,28?/m0/s1. The summed E-state index contributed by atoms with van der Waals surface area (Å²) in [7, 11) is 1.70. The van der Waals surface area contributed by atoms with Gasteiger partial charge >= 0.3 is 0 Å². The van der Waals surface area contributed by atoms with Crippen molar-refractivity contribution in [1.29, 1.82) is 0 Å². The van der Waals surface area contributed by atoms with E-state index in [4.69, 9.17) is 14.6 Å². The molecule has 0 aromatic heterocycles. The number of likely N-dealkylation sites (N-methyl/N-ethyl adjacent to an activating group) is 1. The number of benzene rings is 1. The maximum absolute atomic E-state index is 13.8. The lowest BCUT2D eigenvalue weighted by molar-refractivity contribution is -0.144. The summed E-state index contributed by atoms with van der Waals surface area (Å²) in [5, 5.41) is 17.9. The largest absolute Gasteiger partial charge is 0.396 e. The molecule has 0 saturated carbocycles. The highest BCUT2D eigenvalue weighted by atomic mass is 16.5. The zero-order valence-electron chi connectivity index (χ0n) is 26.1. The van der Waals surface area contributed by atoms with Gasteiger partial charge in [0.1, 0.15) is 12.1 Å². The fraction of sp³-hybridized carbons (Fsp3) is 0.719. The second kappa shape index (κ2) is 16.4. The van der Waals surface area contributed by atoms with Crippen molar-refractivity contribution in [3.63, 3.8) is 0 Å². The number of aliphatic hydroxyl groups is 1. The molecule has 4 N–H and O–H groups in total. The molecule has 1 saturated heterocycles. The van der Waals surface area contributed by atoms with Gasteiger partial charge in [0.25, 0.3) is 0 Å². The van der Waals surface area contributed by atoms with Gasteiger partial charge in [0, 0.05) is 39.4 Å². The minimum atomic E-state index is -0.755. The average molecular weight is 589 g/mol. The number of ether oxygens (including phenoxy) is 2. The third kappa shape index (κ3) is 9.23. The number of fused-ring (bicyclic) bond motifs is 1. The predicted octanol–water partition coefficient (Wildman–Crippen LogP) is 2.48. The molecule has 0 bridgehead atoms. The van der Waals surface area contributed by atoms with Gasteiger partial charge < -0.3 is 35.4 Å². The van der Waals surface area contributed by atoms with Crippen molar-refractivity contribution in [3.05, 3.63) is 35.4 Å². The molecule has 3 amide bonds. The summed E-state index contributed by atoms with van der Waals surface area (Å²) >= 11 is 0. The lowest BCUT2D eigenvalue weighted by Gasteiger charge is -2.36. The van der Waals surface area contributed by atoms with Gasteiger partial charge in [0.05, 0.1) is 18.2 Å². The van der Waals surface area contributed by atoms with Crippen molar-refractivity contribution >= 4 is 17.7 Å². The number of unbranched alkanes of at least 4 members (excludes halogenated alkanes) is 2. The van der Waals surface area contributed by atoms with Crippen LogP contribution in [0, 0.1) is 5.41 Å². The molecule has 1 unspecified atom stereocenters. The van der Waals surface area contributed by atoms with Crippen LogP contribution in [0.5, 0.6) is 0 Å². The zero-order chi connectivity index (χ0) is 30.7. The number of amides is 3. The number of hydrogen-bond acceptors (Lipinski definition) is 7. The number of nitrogens with zero attached hydrogens (tertiary/aromatic N) is 1. The van der Waals surface area contributed by atoms with Gasteiger partial charge in [-0.15, -0.1) is 0 Å². The number of carbonyl (C=O) groups excluding carboxylic acids is 3. The highest BCUT2D eigenvalue weighted by Gasteiger charge is 2.43. The van der Waals surface area contributed by atoms with Crippen molar-refractivity contribution in [1.82, 2.24) is 20.9 Å². The summed E-state index contributed by atoms with van der Waals surface area (Å²) in [4.78, 5) is 41.9. The van der Waals surface area contributed by atoms with Gasteiger partial charge in [0.2, 0.25) is 17.7 Å². The number of aliphatic hydroxyl groups excluding tert-OH is 1. The first kappa shape index (κ1) is 34.0. The molecular weight excluding hydrogens is 536 g/mol. The maximum Gasteiger partial charge on any atom is 0.246 e. The van der Waals surface area contributed by atoms with Gasteiger partial charge in [0.15, 0.2) is 0 Å². The molecule has 0 spiro atoms. The summed E-state index contributed by atoms with van der Waals surface area (Å²) < 4.78 is 12.0. The maximum atomic E-state index is 13.8. The van der Waals surface area contributed by atoms with E-state index >= 15 is 0 Å². The molecule has 5 atom stereocenters. The Morgan fingerprint density at radius 1 is 1.07 bits per heavy atom. The Morgan fingerprint density at radius 2 is 1.81 bits per heavy atom. The highest BCUT2D eigenvalue weighted by molar-refractivity contribution is 5.94. The van der Waals surface area contributed by atoms with Crippen LogP contribution in [0.2, 0.25) is 0 Å². The molecule has 1 aliphatic heterocycles. The van der Waals surface area contributed by atoms with Gasteiger partial charge in [-0.1, -0.05) is 45.0 Å². The number of rotatable bonds is 16. The lowest BCUT2D eigenvalue weighted by Crippen LogP contribution is -2.59. The van der Waals surface area contributed by atoms with E-state index in [-0.39, 0.29) is 36.5 Å². The quantitative estimate of drug-likeness (QED) is 0.218. The van der Waals surface area contributed by atoms with Crippen molar-refractivity contribution in [2.45, 2.75) is 103 Å². The van der Waals surface area contributed by atoms with Gasteiger partial charge in [-0.2, -0.15) is 0 Å². The Morgan fingerprint density at radius 3 is 2.52 bits per heavy atom. The number of carbonyl (C=O) groups is 3. The second-order valence-corrected chi connectivity index (χ2v) is 12.6. The Bertz CT molecular complexity index is 1030. The number of hydrogen-bond donors (Lipinski definition) is 4. The van der Waals surface area contributed by atoms with E-state index in [0.717, 1.165) is 43.2 Å². The van der Waals surface area contributed by atoms with Gasteiger partial charge in [-0.3, -0.25) is 14.4 Å². The summed E-state index contributed by atoms with van der Waals surface area (Å²) in [5.74, 6) is -0.668. The summed E-state index contributed by atoms with van der Waals surface area (Å²) in [6, 6.07) is 5.97. The smallest absolute Gasteiger partial charge is 0.246 e. The first-order valence-corrected chi connectivity index (χ1v) is 15.5. The highest BCUT2D eigenvalue weighted by Crippen LogP contribution is 2.34. The minimum Gasteiger partial charge on any atom is -0.396 e. The molecule has 1 aliphatic carbocycles. The SMILES string of the molecule is CN[C@@H](C)C(=O)NC(C(=O)N1CCC[C@H]1C(=O)N[C@H]1c2ccccc2C[C@H]1OCCCOCCCCCO)C(C)(C)C. The molecule has 10 heteroatoms. The zero-order valence-corrected chi connectivity index (χ0v) is 26.1. The van der Waals surface area contributed by atoms with Crippen LogP contribution in [-0.4, -0.2) is 92.0 Å². The molecule has 1 aromatic rings. The van der Waals surface area contributed by atoms with Crippen LogP contribution < -0.4 is 16.0 Å². The van der Waals surface area contributed by atoms with Crippen LogP contribution >= 0.6 is 0 Å². The summed E-state index contributed by atoms with van der Waals surface area (Å²) in [6.07, 6.45) is 5.26. The van der Waals surface area contributed by atoms with Gasteiger partial charge in [-0.25, -0.2) is 0 Å². The first-order valence-electron chi connectivity index (χ1n) is 15.5. The topological polar surface area (TPSA) is 129 Å². The van der Waals surface area contributed by atoms with Crippen molar-refractivity contribution in [2.24, 2.45) is 5.41 Å². The lowest BCUT2D eigenvalue weighted by atomic mass is 9.85. The summed E-state index contributed by atoms with van der Waals surface area (Å²) in [5.41, 5.74) is 1.67. The van der Waals surface area contributed by atoms with E-state index in [1.807, 2.05) is 39.0 Å². The van der Waals surface area contributed by atoms with Crippen LogP contribution in [-0.2, 0) is 30.3 Å². The summed E-state index contributed by atoms with van der Waals surface area (Å²) in [6.45, 7) is 10.0. The monoisotopic (exact) mass is 588 g/mol. The van der Waals surface area contributed by atoms with E-state index in [1.54, 1.807) is 18.9 Å². The van der Waals surface area contributed by atoms with Crippen LogP contribution in [0.25, 0.3) is 0 Å². The predicted molar refractivity (Wildman–Crippen MR) is 162 cm³/mol. The van der Waals surface area contributed by atoms with E-state index < -0.39 is 23.5 Å².